The van der Waals surface area contributed by atoms with E-state index in [-0.39, 0.29) is 18.3 Å². The molecule has 1 aliphatic heterocycles. The molecule has 2 heterocycles. The van der Waals surface area contributed by atoms with Crippen molar-refractivity contribution in [1.82, 2.24) is 14.7 Å². The number of benzene rings is 1. The molecule has 25 heavy (non-hydrogen) atoms. The van der Waals surface area contributed by atoms with Crippen molar-refractivity contribution in [1.29, 1.82) is 0 Å². The summed E-state index contributed by atoms with van der Waals surface area (Å²) in [6.45, 7) is 0.684. The minimum Gasteiger partial charge on any atom is -0.480 e. The second-order valence-corrected chi connectivity index (χ2v) is 6.23. The summed E-state index contributed by atoms with van der Waals surface area (Å²) in [5, 5.41) is 14.0. The van der Waals surface area contributed by atoms with E-state index < -0.39 is 11.9 Å². The first kappa shape index (κ1) is 17.4. The number of hydrogen-bond donors (Lipinski definition) is 1. The van der Waals surface area contributed by atoms with Gasteiger partial charge in [-0.05, 0) is 37.1 Å². The van der Waals surface area contributed by atoms with E-state index in [1.54, 1.807) is 35.1 Å². The number of halogens is 1. The molecule has 8 heteroatoms. The molecule has 1 N–H and O–H groups in total. The zero-order chi connectivity index (χ0) is 17.8. The van der Waals surface area contributed by atoms with E-state index in [0.717, 1.165) is 5.69 Å². The van der Waals surface area contributed by atoms with Crippen LogP contribution in [0.2, 0.25) is 5.02 Å². The summed E-state index contributed by atoms with van der Waals surface area (Å²) in [7, 11) is 0. The van der Waals surface area contributed by atoms with E-state index in [0.29, 0.717) is 31.1 Å². The zero-order valence-corrected chi connectivity index (χ0v) is 14.2. The number of hydrogen-bond acceptors (Lipinski definition) is 4. The van der Waals surface area contributed by atoms with Gasteiger partial charge in [-0.15, -0.1) is 0 Å². The maximum Gasteiger partial charge on any atom is 0.323 e. The number of carboxylic acid groups (broad SMARTS) is 1. The quantitative estimate of drug-likeness (QED) is 0.880. The standard InChI is InChI=1S/C17H18ClN3O4/c18-12-2-1-3-14(10-12)21-7-4-15(19-21)17(24)20(11-16(22)23)13-5-8-25-9-6-13/h1-4,7,10,13H,5-6,8-9,11H2,(H,22,23). The van der Waals surface area contributed by atoms with Gasteiger partial charge >= 0.3 is 5.97 Å². The Kier molecular flexibility index (Phi) is 5.35. The van der Waals surface area contributed by atoms with Crippen LogP contribution in [0.15, 0.2) is 36.5 Å². The fourth-order valence-corrected chi connectivity index (χ4v) is 3.04. The van der Waals surface area contributed by atoms with Crippen molar-refractivity contribution in [2.75, 3.05) is 19.8 Å². The fourth-order valence-electron chi connectivity index (χ4n) is 2.86. The molecule has 7 nitrogen and oxygen atoms in total. The summed E-state index contributed by atoms with van der Waals surface area (Å²) >= 11 is 5.98. The van der Waals surface area contributed by atoms with E-state index >= 15 is 0 Å². The van der Waals surface area contributed by atoms with Crippen LogP contribution in [0, 0.1) is 0 Å². The lowest BCUT2D eigenvalue weighted by Gasteiger charge is -2.32. The summed E-state index contributed by atoms with van der Waals surface area (Å²) in [4.78, 5) is 25.4. The number of carbonyl (C=O) groups excluding carboxylic acids is 1. The normalized spacial score (nSPS) is 15.1. The van der Waals surface area contributed by atoms with Crippen LogP contribution in [-0.4, -0.2) is 57.5 Å². The van der Waals surface area contributed by atoms with Gasteiger partial charge in [0.1, 0.15) is 6.54 Å². The van der Waals surface area contributed by atoms with E-state index in [9.17, 15) is 9.59 Å². The molecule has 0 aliphatic carbocycles. The van der Waals surface area contributed by atoms with Gasteiger partial charge in [-0.3, -0.25) is 9.59 Å². The molecule has 0 atom stereocenters. The molecule has 1 amide bonds. The molecular weight excluding hydrogens is 346 g/mol. The summed E-state index contributed by atoms with van der Waals surface area (Å²) in [6, 6.07) is 8.52. The van der Waals surface area contributed by atoms with Crippen LogP contribution in [0.25, 0.3) is 5.69 Å². The van der Waals surface area contributed by atoms with Crippen molar-refractivity contribution >= 4 is 23.5 Å². The van der Waals surface area contributed by atoms with Gasteiger partial charge in [0, 0.05) is 30.5 Å². The molecule has 0 unspecified atom stereocenters. The predicted molar refractivity (Wildman–Crippen MR) is 91.1 cm³/mol. The topological polar surface area (TPSA) is 84.7 Å². The average molecular weight is 364 g/mol. The number of carboxylic acids is 1. The van der Waals surface area contributed by atoms with Crippen molar-refractivity contribution in [3.8, 4) is 5.69 Å². The van der Waals surface area contributed by atoms with Gasteiger partial charge in [-0.1, -0.05) is 17.7 Å². The first-order valence-electron chi connectivity index (χ1n) is 7.97. The van der Waals surface area contributed by atoms with Crippen LogP contribution in [0.3, 0.4) is 0 Å². The second-order valence-electron chi connectivity index (χ2n) is 5.80. The maximum absolute atomic E-state index is 12.8. The Labute approximate surface area is 149 Å². The summed E-state index contributed by atoms with van der Waals surface area (Å²) in [6.07, 6.45) is 2.89. The minimum absolute atomic E-state index is 0.159. The van der Waals surface area contributed by atoms with Crippen LogP contribution in [-0.2, 0) is 9.53 Å². The Morgan fingerprint density at radius 2 is 2.08 bits per heavy atom. The molecule has 0 spiro atoms. The molecule has 1 fully saturated rings. The maximum atomic E-state index is 12.8. The predicted octanol–water partition coefficient (Wildman–Crippen LogP) is 2.23. The van der Waals surface area contributed by atoms with Crippen LogP contribution < -0.4 is 0 Å². The smallest absolute Gasteiger partial charge is 0.323 e. The van der Waals surface area contributed by atoms with Gasteiger partial charge in [0.05, 0.1) is 5.69 Å². The van der Waals surface area contributed by atoms with Crippen LogP contribution >= 0.6 is 11.6 Å². The van der Waals surface area contributed by atoms with Gasteiger partial charge in [-0.25, -0.2) is 4.68 Å². The van der Waals surface area contributed by atoms with Crippen LogP contribution in [0.1, 0.15) is 23.3 Å². The van der Waals surface area contributed by atoms with Gasteiger partial charge in [-0.2, -0.15) is 5.10 Å². The molecule has 0 saturated carbocycles. The van der Waals surface area contributed by atoms with Gasteiger partial charge in [0.15, 0.2) is 5.69 Å². The largest absolute Gasteiger partial charge is 0.480 e. The summed E-state index contributed by atoms with van der Waals surface area (Å²) in [5.41, 5.74) is 0.926. The molecule has 132 valence electrons. The lowest BCUT2D eigenvalue weighted by Crippen LogP contribution is -2.46. The van der Waals surface area contributed by atoms with Gasteiger partial charge < -0.3 is 14.7 Å². The third kappa shape index (κ3) is 4.18. The van der Waals surface area contributed by atoms with Crippen molar-refractivity contribution in [2.45, 2.75) is 18.9 Å². The monoisotopic (exact) mass is 363 g/mol. The molecule has 2 aromatic rings. The van der Waals surface area contributed by atoms with Gasteiger partial charge in [0.2, 0.25) is 0 Å². The Bertz CT molecular complexity index is 771. The zero-order valence-electron chi connectivity index (χ0n) is 13.5. The number of amides is 1. The third-order valence-corrected chi connectivity index (χ3v) is 4.31. The lowest BCUT2D eigenvalue weighted by atomic mass is 10.1. The molecule has 1 aliphatic rings. The molecule has 3 rings (SSSR count). The molecule has 1 aromatic heterocycles. The lowest BCUT2D eigenvalue weighted by molar-refractivity contribution is -0.138. The number of carbonyl (C=O) groups is 2. The molecule has 0 bridgehead atoms. The Balaban J connectivity index is 1.83. The highest BCUT2D eigenvalue weighted by atomic mass is 35.5. The summed E-state index contributed by atoms with van der Waals surface area (Å²) in [5.74, 6) is -1.44. The van der Waals surface area contributed by atoms with E-state index in [1.165, 1.54) is 4.90 Å². The molecule has 0 radical (unpaired) electrons. The number of rotatable bonds is 5. The van der Waals surface area contributed by atoms with Crippen LogP contribution in [0.5, 0.6) is 0 Å². The van der Waals surface area contributed by atoms with E-state index in [1.807, 2.05) is 6.07 Å². The highest BCUT2D eigenvalue weighted by Crippen LogP contribution is 2.18. The minimum atomic E-state index is -1.05. The third-order valence-electron chi connectivity index (χ3n) is 4.08. The average Bonchev–Trinajstić information content (AvgIpc) is 3.10. The SMILES string of the molecule is O=C(O)CN(C(=O)c1ccn(-c2cccc(Cl)c2)n1)C1CCOCC1. The second kappa shape index (κ2) is 7.67. The van der Waals surface area contributed by atoms with Crippen molar-refractivity contribution in [2.24, 2.45) is 0 Å². The molecule has 1 aromatic carbocycles. The van der Waals surface area contributed by atoms with E-state index in [4.69, 9.17) is 21.4 Å². The number of ether oxygens (including phenoxy) is 1. The molecular formula is C17H18ClN3O4. The van der Waals surface area contributed by atoms with Crippen LogP contribution in [0.4, 0.5) is 0 Å². The Morgan fingerprint density at radius 1 is 1.32 bits per heavy atom. The van der Waals surface area contributed by atoms with Crippen molar-refractivity contribution in [3.63, 3.8) is 0 Å². The Morgan fingerprint density at radius 3 is 2.76 bits per heavy atom. The molecule has 1 saturated heterocycles. The number of aromatic nitrogens is 2. The Hall–Kier alpha value is -2.38. The highest BCUT2D eigenvalue weighted by Gasteiger charge is 2.29. The fraction of sp³-hybridized carbons (Fsp3) is 0.353. The van der Waals surface area contributed by atoms with E-state index in [2.05, 4.69) is 5.10 Å². The van der Waals surface area contributed by atoms with Crippen molar-refractivity contribution < 1.29 is 19.4 Å². The summed E-state index contributed by atoms with van der Waals surface area (Å²) < 4.78 is 6.84. The van der Waals surface area contributed by atoms with Gasteiger partial charge in [0.25, 0.3) is 5.91 Å². The van der Waals surface area contributed by atoms with Crippen molar-refractivity contribution in [3.05, 3.63) is 47.2 Å². The number of aliphatic carboxylic acids is 1. The first-order chi connectivity index (χ1) is 12.0. The highest BCUT2D eigenvalue weighted by molar-refractivity contribution is 6.30. The first-order valence-corrected chi connectivity index (χ1v) is 8.34. The number of nitrogens with zero attached hydrogens (tertiary/aromatic N) is 3.